The first-order chi connectivity index (χ1) is 9.16. The zero-order chi connectivity index (χ0) is 13.4. The van der Waals surface area contributed by atoms with Crippen molar-refractivity contribution in [3.8, 4) is 0 Å². The minimum absolute atomic E-state index is 0.0113. The smallest absolute Gasteiger partial charge is 0.195 e. The minimum Gasteiger partial charge on any atom is -0.359 e. The van der Waals surface area contributed by atoms with E-state index in [4.69, 9.17) is 11.6 Å². The van der Waals surface area contributed by atoms with Crippen molar-refractivity contribution >= 4 is 28.3 Å². The van der Waals surface area contributed by atoms with Gasteiger partial charge in [-0.25, -0.2) is 0 Å². The molecule has 0 amide bonds. The molecule has 3 aromatic rings. The Morgan fingerprint density at radius 2 is 1.95 bits per heavy atom. The van der Waals surface area contributed by atoms with E-state index in [-0.39, 0.29) is 5.78 Å². The lowest BCUT2D eigenvalue weighted by Gasteiger charge is -2.01. The number of nitrogens with one attached hydrogen (secondary N) is 1. The maximum atomic E-state index is 12.5. The van der Waals surface area contributed by atoms with Gasteiger partial charge in [-0.3, -0.25) is 4.79 Å². The van der Waals surface area contributed by atoms with Gasteiger partial charge in [0.05, 0.1) is 10.5 Å². The second-order valence-electron chi connectivity index (χ2n) is 4.56. The van der Waals surface area contributed by atoms with E-state index in [1.807, 2.05) is 43.3 Å². The predicted molar refractivity (Wildman–Crippen MR) is 77.9 cm³/mol. The van der Waals surface area contributed by atoms with E-state index in [2.05, 4.69) is 4.98 Å². The van der Waals surface area contributed by atoms with Gasteiger partial charge in [0.25, 0.3) is 0 Å². The van der Waals surface area contributed by atoms with Gasteiger partial charge in [0, 0.05) is 22.7 Å². The predicted octanol–water partition coefficient (Wildman–Crippen LogP) is 4.36. The second-order valence-corrected chi connectivity index (χ2v) is 4.97. The fraction of sp³-hybridized carbons (Fsp3) is 0.0625. The molecular formula is C16H12ClNO. The van der Waals surface area contributed by atoms with Gasteiger partial charge in [-0.2, -0.15) is 0 Å². The molecule has 0 atom stereocenters. The maximum absolute atomic E-state index is 12.5. The van der Waals surface area contributed by atoms with Crippen LogP contribution in [0.25, 0.3) is 10.9 Å². The van der Waals surface area contributed by atoms with Crippen LogP contribution in [0.1, 0.15) is 21.5 Å². The number of hydrogen-bond acceptors (Lipinski definition) is 1. The Bertz CT molecular complexity index is 773. The van der Waals surface area contributed by atoms with Crippen LogP contribution >= 0.6 is 11.6 Å². The lowest BCUT2D eigenvalue weighted by molar-refractivity contribution is 0.104. The molecule has 2 nitrogen and oxygen atoms in total. The number of H-pyrrole nitrogens is 1. The Morgan fingerprint density at radius 1 is 1.16 bits per heavy atom. The molecule has 0 fully saturated rings. The van der Waals surface area contributed by atoms with E-state index in [1.54, 1.807) is 12.3 Å². The number of halogens is 1. The summed E-state index contributed by atoms with van der Waals surface area (Å²) in [5.74, 6) is 0.0113. The highest BCUT2D eigenvalue weighted by atomic mass is 35.5. The van der Waals surface area contributed by atoms with Crippen LogP contribution in [-0.2, 0) is 0 Å². The molecular weight excluding hydrogens is 258 g/mol. The van der Waals surface area contributed by atoms with Crippen molar-refractivity contribution in [2.75, 3.05) is 0 Å². The number of aromatic nitrogens is 1. The van der Waals surface area contributed by atoms with Crippen LogP contribution < -0.4 is 0 Å². The molecule has 0 saturated heterocycles. The summed E-state index contributed by atoms with van der Waals surface area (Å²) < 4.78 is 0. The molecule has 94 valence electrons. The minimum atomic E-state index is 0.0113. The first kappa shape index (κ1) is 12.0. The van der Waals surface area contributed by atoms with Crippen LogP contribution in [0.4, 0.5) is 0 Å². The van der Waals surface area contributed by atoms with Crippen LogP contribution in [0.5, 0.6) is 0 Å². The number of carbonyl (C=O) groups excluding carboxylic acids is 1. The Morgan fingerprint density at radius 3 is 2.74 bits per heavy atom. The number of ketones is 1. The Labute approximate surface area is 116 Å². The second kappa shape index (κ2) is 4.56. The van der Waals surface area contributed by atoms with Crippen molar-refractivity contribution in [3.63, 3.8) is 0 Å². The number of aromatic amines is 1. The van der Waals surface area contributed by atoms with E-state index in [9.17, 15) is 4.79 Å². The Balaban J connectivity index is 2.15. The summed E-state index contributed by atoms with van der Waals surface area (Å²) in [5, 5.41) is 1.49. The monoisotopic (exact) mass is 269 g/mol. The first-order valence-corrected chi connectivity index (χ1v) is 6.41. The van der Waals surface area contributed by atoms with Gasteiger partial charge in [0.1, 0.15) is 0 Å². The Hall–Kier alpha value is -2.06. The third-order valence-electron chi connectivity index (χ3n) is 3.19. The molecule has 3 rings (SSSR count). The number of rotatable bonds is 2. The molecule has 2 aromatic carbocycles. The lowest BCUT2D eigenvalue weighted by atomic mass is 10.0. The van der Waals surface area contributed by atoms with E-state index in [0.717, 1.165) is 16.5 Å². The van der Waals surface area contributed by atoms with Gasteiger partial charge in [0.2, 0.25) is 0 Å². The van der Waals surface area contributed by atoms with E-state index >= 15 is 0 Å². The molecule has 0 aliphatic carbocycles. The normalized spacial score (nSPS) is 10.8. The molecule has 0 aliphatic heterocycles. The molecule has 19 heavy (non-hydrogen) atoms. The van der Waals surface area contributed by atoms with Gasteiger partial charge in [0.15, 0.2) is 5.78 Å². The highest BCUT2D eigenvalue weighted by Gasteiger charge is 2.15. The van der Waals surface area contributed by atoms with E-state index < -0.39 is 0 Å². The average molecular weight is 270 g/mol. The van der Waals surface area contributed by atoms with Crippen LogP contribution in [0.3, 0.4) is 0 Å². The molecule has 0 saturated carbocycles. The largest absolute Gasteiger partial charge is 0.359 e. The number of hydrogen-bond donors (Lipinski definition) is 1. The highest BCUT2D eigenvalue weighted by molar-refractivity contribution is 6.35. The summed E-state index contributed by atoms with van der Waals surface area (Å²) >= 11 is 6.10. The number of carbonyl (C=O) groups is 1. The molecule has 0 bridgehead atoms. The fourth-order valence-electron chi connectivity index (χ4n) is 2.25. The summed E-state index contributed by atoms with van der Waals surface area (Å²) in [6.45, 7) is 1.98. The van der Waals surface area contributed by atoms with Crippen molar-refractivity contribution in [3.05, 3.63) is 70.4 Å². The summed E-state index contributed by atoms with van der Waals surface area (Å²) in [5.41, 5.74) is 3.23. The quantitative estimate of drug-likeness (QED) is 0.689. The van der Waals surface area contributed by atoms with Crippen molar-refractivity contribution in [1.82, 2.24) is 4.98 Å². The first-order valence-electron chi connectivity index (χ1n) is 6.04. The Kier molecular flexibility index (Phi) is 2.88. The third kappa shape index (κ3) is 2.04. The van der Waals surface area contributed by atoms with Gasteiger partial charge in [-0.1, -0.05) is 47.5 Å². The standard InChI is InChI=1S/C16H12ClNO/c1-10-4-2-5-11(8-10)16(19)13-9-18-15-12(13)6-3-7-14(15)17/h2-9,18H,1H3. The zero-order valence-corrected chi connectivity index (χ0v) is 11.2. The van der Waals surface area contributed by atoms with E-state index in [0.29, 0.717) is 16.1 Å². The van der Waals surface area contributed by atoms with Crippen LogP contribution in [0, 0.1) is 6.92 Å². The van der Waals surface area contributed by atoms with Crippen molar-refractivity contribution in [1.29, 1.82) is 0 Å². The zero-order valence-electron chi connectivity index (χ0n) is 10.4. The van der Waals surface area contributed by atoms with Crippen LogP contribution in [0.15, 0.2) is 48.7 Å². The summed E-state index contributed by atoms with van der Waals surface area (Å²) in [6.07, 6.45) is 1.72. The van der Waals surface area contributed by atoms with Gasteiger partial charge in [-0.05, 0) is 19.1 Å². The molecule has 0 radical (unpaired) electrons. The van der Waals surface area contributed by atoms with Gasteiger partial charge < -0.3 is 4.98 Å². The molecule has 0 spiro atoms. The number of benzene rings is 2. The van der Waals surface area contributed by atoms with Crippen molar-refractivity contribution in [2.24, 2.45) is 0 Å². The SMILES string of the molecule is Cc1cccc(C(=O)c2c[nH]c3c(Cl)cccc23)c1. The summed E-state index contributed by atoms with van der Waals surface area (Å²) in [6, 6.07) is 13.2. The number of fused-ring (bicyclic) bond motifs is 1. The average Bonchev–Trinajstić information content (AvgIpc) is 2.83. The van der Waals surface area contributed by atoms with Gasteiger partial charge >= 0.3 is 0 Å². The molecule has 0 aliphatic rings. The summed E-state index contributed by atoms with van der Waals surface area (Å²) in [7, 11) is 0. The molecule has 1 heterocycles. The lowest BCUT2D eigenvalue weighted by Crippen LogP contribution is -2.00. The van der Waals surface area contributed by atoms with Crippen LogP contribution in [0.2, 0.25) is 5.02 Å². The molecule has 1 N–H and O–H groups in total. The van der Waals surface area contributed by atoms with Crippen molar-refractivity contribution < 1.29 is 4.79 Å². The summed E-state index contributed by atoms with van der Waals surface area (Å²) in [4.78, 5) is 15.6. The fourth-order valence-corrected chi connectivity index (χ4v) is 2.48. The van der Waals surface area contributed by atoms with Crippen molar-refractivity contribution in [2.45, 2.75) is 6.92 Å². The number of para-hydroxylation sites is 1. The molecule has 0 unspecified atom stereocenters. The van der Waals surface area contributed by atoms with Gasteiger partial charge in [-0.15, -0.1) is 0 Å². The topological polar surface area (TPSA) is 32.9 Å². The number of aryl methyl sites for hydroxylation is 1. The molecule has 1 aromatic heterocycles. The van der Waals surface area contributed by atoms with E-state index in [1.165, 1.54) is 0 Å². The highest BCUT2D eigenvalue weighted by Crippen LogP contribution is 2.26. The third-order valence-corrected chi connectivity index (χ3v) is 3.50. The maximum Gasteiger partial charge on any atom is 0.195 e. The van der Waals surface area contributed by atoms with Crippen LogP contribution in [-0.4, -0.2) is 10.8 Å². The molecule has 3 heteroatoms.